The van der Waals surface area contributed by atoms with Crippen molar-refractivity contribution in [1.29, 1.82) is 0 Å². The number of nitrogens with zero attached hydrogens (tertiary/aromatic N) is 1. The van der Waals surface area contributed by atoms with E-state index in [1.807, 2.05) is 20.0 Å². The number of rotatable bonds is 4. The van der Waals surface area contributed by atoms with E-state index in [9.17, 15) is 4.79 Å². The molecule has 1 N–H and O–H groups in total. The van der Waals surface area contributed by atoms with Crippen LogP contribution in [0.5, 0.6) is 0 Å². The Bertz CT molecular complexity index is 502. The molecule has 1 aromatic rings. The van der Waals surface area contributed by atoms with Crippen molar-refractivity contribution in [3.63, 3.8) is 0 Å². The Kier molecular flexibility index (Phi) is 3.36. The van der Waals surface area contributed by atoms with Crippen LogP contribution in [0.4, 0.5) is 0 Å². The van der Waals surface area contributed by atoms with E-state index in [4.69, 9.17) is 4.42 Å². The van der Waals surface area contributed by atoms with Gasteiger partial charge in [0, 0.05) is 13.0 Å². The summed E-state index contributed by atoms with van der Waals surface area (Å²) in [6, 6.07) is 4.08. The van der Waals surface area contributed by atoms with Crippen molar-refractivity contribution in [3.05, 3.63) is 23.7 Å². The molecule has 0 bridgehead atoms. The monoisotopic (exact) mass is 276 g/mol. The lowest BCUT2D eigenvalue weighted by atomic mass is 9.98. The summed E-state index contributed by atoms with van der Waals surface area (Å²) in [6.07, 6.45) is 3.21. The van der Waals surface area contributed by atoms with Crippen LogP contribution >= 0.6 is 0 Å². The first-order valence-corrected chi connectivity index (χ1v) is 7.59. The highest BCUT2D eigenvalue weighted by Crippen LogP contribution is 2.47. The van der Waals surface area contributed by atoms with Crippen LogP contribution < -0.4 is 5.32 Å². The first-order valence-electron chi connectivity index (χ1n) is 7.59. The van der Waals surface area contributed by atoms with Crippen molar-refractivity contribution in [2.24, 2.45) is 5.92 Å². The van der Waals surface area contributed by atoms with Crippen molar-refractivity contribution >= 4 is 5.91 Å². The lowest BCUT2D eigenvalue weighted by molar-refractivity contribution is -0.136. The van der Waals surface area contributed by atoms with Crippen LogP contribution in [0.3, 0.4) is 0 Å². The fourth-order valence-electron chi connectivity index (χ4n) is 3.20. The Hall–Kier alpha value is -1.29. The lowest BCUT2D eigenvalue weighted by Crippen LogP contribution is -2.51. The number of hydrogen-bond donors (Lipinski definition) is 1. The lowest BCUT2D eigenvalue weighted by Gasteiger charge is -2.28. The van der Waals surface area contributed by atoms with Gasteiger partial charge < -0.3 is 14.6 Å². The molecule has 1 aliphatic heterocycles. The van der Waals surface area contributed by atoms with Crippen molar-refractivity contribution in [2.45, 2.75) is 51.1 Å². The van der Waals surface area contributed by atoms with Crippen molar-refractivity contribution in [2.75, 3.05) is 13.6 Å². The number of hydrogen-bond acceptors (Lipinski definition) is 3. The Morgan fingerprint density at radius 3 is 2.90 bits per heavy atom. The van der Waals surface area contributed by atoms with Crippen molar-refractivity contribution in [3.8, 4) is 0 Å². The van der Waals surface area contributed by atoms with Crippen LogP contribution in [0.1, 0.15) is 50.5 Å². The molecule has 4 nitrogen and oxygen atoms in total. The van der Waals surface area contributed by atoms with Gasteiger partial charge in [0.1, 0.15) is 11.5 Å². The third-order valence-corrected chi connectivity index (χ3v) is 4.74. The molecule has 2 fully saturated rings. The number of carbonyl (C=O) groups excluding carboxylic acids is 1. The predicted molar refractivity (Wildman–Crippen MR) is 77.3 cm³/mol. The Morgan fingerprint density at radius 2 is 2.30 bits per heavy atom. The van der Waals surface area contributed by atoms with Gasteiger partial charge in [-0.2, -0.15) is 0 Å². The SMILES string of the molecule is CC1CC1c1ccc(CN(C)C(=O)C2(C)CCCN2)o1. The average molecular weight is 276 g/mol. The molecule has 2 aliphatic rings. The van der Waals surface area contributed by atoms with E-state index in [-0.39, 0.29) is 5.91 Å². The second-order valence-electron chi connectivity index (χ2n) is 6.65. The van der Waals surface area contributed by atoms with E-state index in [1.54, 1.807) is 4.90 Å². The molecule has 1 saturated carbocycles. The minimum Gasteiger partial charge on any atom is -0.464 e. The number of nitrogens with one attached hydrogen (secondary N) is 1. The average Bonchev–Trinajstić information content (AvgIpc) is 2.83. The van der Waals surface area contributed by atoms with Gasteiger partial charge in [0.2, 0.25) is 5.91 Å². The molecule has 1 aliphatic carbocycles. The highest BCUT2D eigenvalue weighted by atomic mass is 16.3. The highest BCUT2D eigenvalue weighted by Gasteiger charge is 2.39. The molecule has 1 saturated heterocycles. The molecule has 1 aromatic heterocycles. The zero-order valence-electron chi connectivity index (χ0n) is 12.6. The van der Waals surface area contributed by atoms with Gasteiger partial charge in [0.15, 0.2) is 0 Å². The summed E-state index contributed by atoms with van der Waals surface area (Å²) in [4.78, 5) is 14.3. The van der Waals surface area contributed by atoms with Crippen molar-refractivity contribution in [1.82, 2.24) is 10.2 Å². The number of amides is 1. The van der Waals surface area contributed by atoms with Crippen LogP contribution in [0, 0.1) is 5.92 Å². The summed E-state index contributed by atoms with van der Waals surface area (Å²) in [5, 5.41) is 3.32. The van der Waals surface area contributed by atoms with Gasteiger partial charge in [-0.25, -0.2) is 0 Å². The second-order valence-corrected chi connectivity index (χ2v) is 6.65. The van der Waals surface area contributed by atoms with Gasteiger partial charge in [-0.15, -0.1) is 0 Å². The first kappa shape index (κ1) is 13.7. The molecule has 3 rings (SSSR count). The first-order chi connectivity index (χ1) is 9.49. The number of carbonyl (C=O) groups is 1. The van der Waals surface area contributed by atoms with Gasteiger partial charge >= 0.3 is 0 Å². The van der Waals surface area contributed by atoms with E-state index < -0.39 is 5.54 Å². The maximum absolute atomic E-state index is 12.5. The van der Waals surface area contributed by atoms with Crippen molar-refractivity contribution < 1.29 is 9.21 Å². The van der Waals surface area contributed by atoms with Crippen LogP contribution in [-0.2, 0) is 11.3 Å². The van der Waals surface area contributed by atoms with Gasteiger partial charge in [-0.1, -0.05) is 6.92 Å². The third-order valence-electron chi connectivity index (χ3n) is 4.74. The molecule has 3 unspecified atom stereocenters. The van der Waals surface area contributed by atoms with Crippen LogP contribution in [0.2, 0.25) is 0 Å². The fraction of sp³-hybridized carbons (Fsp3) is 0.688. The number of furan rings is 1. The second kappa shape index (κ2) is 4.92. The van der Waals surface area contributed by atoms with E-state index in [1.165, 1.54) is 6.42 Å². The van der Waals surface area contributed by atoms with Gasteiger partial charge in [0.25, 0.3) is 0 Å². The smallest absolute Gasteiger partial charge is 0.242 e. The molecular weight excluding hydrogens is 252 g/mol. The third kappa shape index (κ3) is 2.49. The van der Waals surface area contributed by atoms with E-state index in [2.05, 4.69) is 18.3 Å². The summed E-state index contributed by atoms with van der Waals surface area (Å²) in [7, 11) is 1.86. The molecule has 0 aromatic carbocycles. The Labute approximate surface area is 120 Å². The van der Waals surface area contributed by atoms with Gasteiger partial charge in [-0.05, 0) is 50.8 Å². The van der Waals surface area contributed by atoms with E-state index in [0.717, 1.165) is 36.8 Å². The molecule has 2 heterocycles. The molecule has 0 spiro atoms. The topological polar surface area (TPSA) is 45.5 Å². The molecular formula is C16H24N2O2. The molecule has 110 valence electrons. The van der Waals surface area contributed by atoms with E-state index >= 15 is 0 Å². The van der Waals surface area contributed by atoms with Crippen LogP contribution in [-0.4, -0.2) is 29.9 Å². The summed E-state index contributed by atoms with van der Waals surface area (Å²) < 4.78 is 5.88. The normalized spacial score (nSPS) is 32.4. The number of likely N-dealkylation sites (N-methyl/N-ethyl adjacent to an activating group) is 1. The summed E-state index contributed by atoms with van der Waals surface area (Å²) in [5.41, 5.74) is -0.394. The minimum absolute atomic E-state index is 0.160. The standard InChI is InChI=1S/C16H24N2O2/c1-11-9-13(11)14-6-5-12(20-14)10-18(3)15(19)16(2)7-4-8-17-16/h5-6,11,13,17H,4,7-10H2,1-3H3. The largest absolute Gasteiger partial charge is 0.464 e. The van der Waals surface area contributed by atoms with Crippen LogP contribution in [0.15, 0.2) is 16.5 Å². The van der Waals surface area contributed by atoms with Gasteiger partial charge in [-0.3, -0.25) is 4.79 Å². The van der Waals surface area contributed by atoms with E-state index in [0.29, 0.717) is 12.5 Å². The predicted octanol–water partition coefficient (Wildman–Crippen LogP) is 2.50. The molecule has 4 heteroatoms. The molecule has 0 radical (unpaired) electrons. The summed E-state index contributed by atoms with van der Waals surface area (Å²) in [5.74, 6) is 3.47. The Morgan fingerprint density at radius 1 is 1.55 bits per heavy atom. The highest BCUT2D eigenvalue weighted by molar-refractivity contribution is 5.86. The zero-order valence-corrected chi connectivity index (χ0v) is 12.6. The zero-order chi connectivity index (χ0) is 14.3. The maximum Gasteiger partial charge on any atom is 0.242 e. The van der Waals surface area contributed by atoms with Crippen LogP contribution in [0.25, 0.3) is 0 Å². The molecule has 1 amide bonds. The fourth-order valence-corrected chi connectivity index (χ4v) is 3.20. The Balaban J connectivity index is 1.62. The summed E-state index contributed by atoms with van der Waals surface area (Å²) >= 11 is 0. The summed E-state index contributed by atoms with van der Waals surface area (Å²) in [6.45, 7) is 5.73. The quantitative estimate of drug-likeness (QED) is 0.919. The maximum atomic E-state index is 12.5. The minimum atomic E-state index is -0.394. The molecule has 3 atom stereocenters. The molecule has 20 heavy (non-hydrogen) atoms. The van der Waals surface area contributed by atoms with Gasteiger partial charge in [0.05, 0.1) is 12.1 Å².